The first-order valence-electron chi connectivity index (χ1n) is 9.65. The van der Waals surface area contributed by atoms with Crippen molar-refractivity contribution < 1.29 is 43.3 Å². The maximum absolute atomic E-state index is 10.9. The van der Waals surface area contributed by atoms with Gasteiger partial charge in [0, 0.05) is 35.9 Å². The van der Waals surface area contributed by atoms with Crippen molar-refractivity contribution in [1.29, 1.82) is 0 Å². The molecule has 10 nitrogen and oxygen atoms in total. The Hall–Kier alpha value is -3.69. The van der Waals surface area contributed by atoms with Crippen molar-refractivity contribution in [3.63, 3.8) is 0 Å². The fourth-order valence-electron chi connectivity index (χ4n) is 1.35. The second-order valence-corrected chi connectivity index (χ2v) is 5.91. The molecule has 1 saturated heterocycles. The van der Waals surface area contributed by atoms with E-state index in [-0.39, 0.29) is 37.8 Å². The molecule has 0 unspecified atom stereocenters. The van der Waals surface area contributed by atoms with Crippen molar-refractivity contribution >= 4 is 24.0 Å². The van der Waals surface area contributed by atoms with Gasteiger partial charge in [-0.25, -0.2) is 14.4 Å². The minimum atomic E-state index is -0.724. The van der Waals surface area contributed by atoms with Crippen molar-refractivity contribution in [2.45, 2.75) is 39.5 Å². The van der Waals surface area contributed by atoms with E-state index >= 15 is 0 Å². The van der Waals surface area contributed by atoms with Crippen LogP contribution in [0, 0.1) is 24.7 Å². The number of esters is 2. The van der Waals surface area contributed by atoms with E-state index in [4.69, 9.17) is 21.0 Å². The first-order valence-corrected chi connectivity index (χ1v) is 9.65. The molecule has 0 radical (unpaired) electrons. The number of isocyanates is 1. The van der Waals surface area contributed by atoms with E-state index in [1.165, 1.54) is 19.8 Å². The number of rotatable bonds is 8. The third-order valence-electron chi connectivity index (χ3n) is 2.86. The molecule has 0 bridgehead atoms. The molecule has 0 amide bonds. The summed E-state index contributed by atoms with van der Waals surface area (Å²) in [5.74, 6) is 2.60. The fraction of sp³-hybridized carbons (Fsp3) is 0.478. The fourth-order valence-corrected chi connectivity index (χ4v) is 1.35. The zero-order valence-electron chi connectivity index (χ0n) is 19.1. The van der Waals surface area contributed by atoms with Crippen LogP contribution in [-0.2, 0) is 38.2 Å². The quantitative estimate of drug-likeness (QED) is 0.0831. The molecule has 0 spiro atoms. The van der Waals surface area contributed by atoms with Gasteiger partial charge in [0.15, 0.2) is 6.61 Å². The van der Waals surface area contributed by atoms with Gasteiger partial charge in [0.1, 0.15) is 6.61 Å². The number of hydrogen-bond donors (Lipinski definition) is 1. The lowest BCUT2D eigenvalue weighted by molar-refractivity contribution is -0.144. The molecule has 0 aromatic rings. The highest BCUT2D eigenvalue weighted by atomic mass is 16.7. The molecule has 1 fully saturated rings. The molecule has 0 aliphatic carbocycles. The standard InChI is InChI=1S/C11H14O4.C5H5NO3.C4H8O.C3H4O/c1-4-7-14-10(12)6-5-8-15-11(13)9(2)3;1-4(2)5(8)9-6-3-7;1-2-4-5-3-1;1-2-3-4/h1H,2,5-8H2,3H3;1H2,2H3;1-4H2;1,4H,3H2. The topological polar surface area (TPSA) is 138 Å². The highest BCUT2D eigenvalue weighted by Crippen LogP contribution is 1.98. The van der Waals surface area contributed by atoms with Gasteiger partial charge in [-0.1, -0.05) is 25.0 Å². The van der Waals surface area contributed by atoms with E-state index in [0.29, 0.717) is 12.0 Å². The lowest BCUT2D eigenvalue weighted by Crippen LogP contribution is -2.09. The molecular formula is C23H31NO9. The number of terminal acetylenes is 2. The van der Waals surface area contributed by atoms with E-state index in [2.05, 4.69) is 40.2 Å². The smallest absolute Gasteiger partial charge is 0.361 e. The van der Waals surface area contributed by atoms with Gasteiger partial charge < -0.3 is 24.2 Å². The first kappa shape index (κ1) is 33.9. The number of carbonyl (C=O) groups excluding carboxylic acids is 4. The van der Waals surface area contributed by atoms with Gasteiger partial charge in [-0.05, 0) is 33.1 Å². The van der Waals surface area contributed by atoms with Crippen molar-refractivity contribution in [2.75, 3.05) is 33.0 Å². The van der Waals surface area contributed by atoms with Crippen molar-refractivity contribution in [3.8, 4) is 24.7 Å². The summed E-state index contributed by atoms with van der Waals surface area (Å²) in [6.07, 6.45) is 13.6. The zero-order valence-corrected chi connectivity index (χ0v) is 19.1. The SMILES string of the molecule is C#CCO.C#CCOC(=O)CCCOC(=O)C(=C)C.C1CCOC1.C=C(C)C(=O)ON=C=O. The number of ether oxygens (including phenoxy) is 3. The van der Waals surface area contributed by atoms with Gasteiger partial charge in [-0.15, -0.1) is 12.8 Å². The van der Waals surface area contributed by atoms with Gasteiger partial charge in [0.25, 0.3) is 6.08 Å². The van der Waals surface area contributed by atoms with E-state index in [0.717, 1.165) is 19.3 Å². The molecule has 1 N–H and O–H groups in total. The average Bonchev–Trinajstić information content (AvgIpc) is 3.39. The van der Waals surface area contributed by atoms with Crippen LogP contribution in [0.2, 0.25) is 0 Å². The molecular weight excluding hydrogens is 434 g/mol. The second-order valence-electron chi connectivity index (χ2n) is 5.91. The van der Waals surface area contributed by atoms with Crippen molar-refractivity contribution in [1.82, 2.24) is 0 Å². The number of aliphatic hydroxyl groups excluding tert-OH is 1. The van der Waals surface area contributed by atoms with Gasteiger partial charge in [-0.3, -0.25) is 4.79 Å². The summed E-state index contributed by atoms with van der Waals surface area (Å²) < 4.78 is 14.3. The van der Waals surface area contributed by atoms with Crippen LogP contribution in [0.15, 0.2) is 29.5 Å². The maximum Gasteiger partial charge on any atom is 0.361 e. The van der Waals surface area contributed by atoms with E-state index < -0.39 is 11.9 Å². The Bertz CT molecular complexity index is 726. The molecule has 0 aromatic carbocycles. The Kier molecular flexibility index (Phi) is 27.1. The van der Waals surface area contributed by atoms with Gasteiger partial charge in [0.05, 0.1) is 6.61 Å². The number of carbonyl (C=O) groups is 3. The lowest BCUT2D eigenvalue weighted by atomic mass is 10.3. The second kappa shape index (κ2) is 26.3. The zero-order chi connectivity index (χ0) is 25.9. The van der Waals surface area contributed by atoms with E-state index in [9.17, 15) is 19.2 Å². The lowest BCUT2D eigenvalue weighted by Gasteiger charge is -2.03. The molecule has 0 aromatic heterocycles. The van der Waals surface area contributed by atoms with Crippen LogP contribution in [0.5, 0.6) is 0 Å². The predicted molar refractivity (Wildman–Crippen MR) is 120 cm³/mol. The Morgan fingerprint density at radius 2 is 1.58 bits per heavy atom. The summed E-state index contributed by atoms with van der Waals surface area (Å²) in [5, 5.41) is 10.2. The predicted octanol–water partition coefficient (Wildman–Crippen LogP) is 1.83. The Balaban J connectivity index is -0.000000418. The van der Waals surface area contributed by atoms with Crippen molar-refractivity contribution in [3.05, 3.63) is 24.3 Å². The Morgan fingerprint density at radius 1 is 1.03 bits per heavy atom. The van der Waals surface area contributed by atoms with Gasteiger partial charge >= 0.3 is 17.9 Å². The molecule has 1 heterocycles. The number of hydrogen-bond acceptors (Lipinski definition) is 10. The summed E-state index contributed by atoms with van der Waals surface area (Å²) in [5.41, 5.74) is 0.527. The van der Waals surface area contributed by atoms with Crippen LogP contribution in [0.25, 0.3) is 0 Å². The number of nitrogens with zero attached hydrogens (tertiary/aromatic N) is 1. The molecule has 33 heavy (non-hydrogen) atoms. The van der Waals surface area contributed by atoms with E-state index in [1.807, 2.05) is 5.92 Å². The van der Waals surface area contributed by atoms with Crippen LogP contribution < -0.4 is 0 Å². The molecule has 1 aliphatic heterocycles. The summed E-state index contributed by atoms with van der Waals surface area (Å²) in [7, 11) is 0. The first-order chi connectivity index (χ1) is 15.7. The maximum atomic E-state index is 10.9. The minimum absolute atomic E-state index is 0.0234. The third kappa shape index (κ3) is 30.6. The normalized spacial score (nSPS) is 10.2. The Morgan fingerprint density at radius 3 is 1.94 bits per heavy atom. The molecule has 0 atom stereocenters. The van der Waals surface area contributed by atoms with Crippen LogP contribution in [0.4, 0.5) is 0 Å². The largest absolute Gasteiger partial charge is 0.462 e. The Labute approximate surface area is 194 Å². The van der Waals surface area contributed by atoms with Gasteiger partial charge in [-0.2, -0.15) is 0 Å². The summed E-state index contributed by atoms with van der Waals surface area (Å²) >= 11 is 0. The summed E-state index contributed by atoms with van der Waals surface area (Å²) in [6, 6.07) is 0. The molecule has 0 saturated carbocycles. The van der Waals surface area contributed by atoms with Crippen molar-refractivity contribution in [2.24, 2.45) is 5.16 Å². The monoisotopic (exact) mass is 465 g/mol. The molecule has 1 rings (SSSR count). The third-order valence-corrected chi connectivity index (χ3v) is 2.86. The van der Waals surface area contributed by atoms with Crippen LogP contribution in [0.1, 0.15) is 39.5 Å². The molecule has 182 valence electrons. The highest BCUT2D eigenvalue weighted by Gasteiger charge is 2.05. The average molecular weight is 465 g/mol. The summed E-state index contributed by atoms with van der Waals surface area (Å²) in [6.45, 7) is 11.7. The van der Waals surface area contributed by atoms with Crippen LogP contribution in [-0.4, -0.2) is 62.1 Å². The highest BCUT2D eigenvalue weighted by molar-refractivity contribution is 5.87. The van der Waals surface area contributed by atoms with Gasteiger partial charge in [0.2, 0.25) is 0 Å². The number of aliphatic hydroxyl groups is 1. The van der Waals surface area contributed by atoms with Crippen LogP contribution >= 0.6 is 0 Å². The van der Waals surface area contributed by atoms with E-state index in [1.54, 1.807) is 6.92 Å². The van der Waals surface area contributed by atoms with Crippen LogP contribution in [0.3, 0.4) is 0 Å². The minimum Gasteiger partial charge on any atom is -0.462 e. The molecule has 1 aliphatic rings. The molecule has 10 heteroatoms. The summed E-state index contributed by atoms with van der Waals surface area (Å²) in [4.78, 5) is 45.4.